The van der Waals surface area contributed by atoms with Gasteiger partial charge in [0, 0.05) is 11.8 Å². The summed E-state index contributed by atoms with van der Waals surface area (Å²) in [6, 6.07) is 10.3. The van der Waals surface area contributed by atoms with Crippen LogP contribution < -0.4 is 0 Å². The number of aliphatic imine (C=N–C) groups is 1. The highest BCUT2D eigenvalue weighted by molar-refractivity contribution is 6.05. The molecule has 17 heavy (non-hydrogen) atoms. The summed E-state index contributed by atoms with van der Waals surface area (Å²) in [5.41, 5.74) is 2.42. The van der Waals surface area contributed by atoms with Crippen molar-refractivity contribution in [2.45, 2.75) is 26.5 Å². The standard InChI is InChI=1S/C15H19NO/c1-4-10-17-13-11-15(2,3)14(16-13)12-8-6-5-7-9-12/h4-9,13H,1,10-11H2,2-3H3. The number of hydrogen-bond donors (Lipinski definition) is 0. The first-order valence-corrected chi connectivity index (χ1v) is 6.00. The van der Waals surface area contributed by atoms with Crippen LogP contribution in [-0.2, 0) is 4.74 Å². The van der Waals surface area contributed by atoms with Gasteiger partial charge in [-0.3, -0.25) is 4.99 Å². The van der Waals surface area contributed by atoms with Gasteiger partial charge in [-0.2, -0.15) is 0 Å². The first-order valence-electron chi connectivity index (χ1n) is 6.00. The van der Waals surface area contributed by atoms with Gasteiger partial charge >= 0.3 is 0 Å². The molecule has 1 aliphatic rings. The molecular formula is C15H19NO. The molecule has 1 heterocycles. The van der Waals surface area contributed by atoms with Crippen molar-refractivity contribution in [2.75, 3.05) is 6.61 Å². The molecule has 0 radical (unpaired) electrons. The van der Waals surface area contributed by atoms with E-state index in [0.717, 1.165) is 12.1 Å². The van der Waals surface area contributed by atoms with Crippen LogP contribution in [0, 0.1) is 5.41 Å². The van der Waals surface area contributed by atoms with Gasteiger partial charge in [-0.25, -0.2) is 0 Å². The van der Waals surface area contributed by atoms with E-state index in [1.54, 1.807) is 6.08 Å². The Bertz CT molecular complexity index is 420. The van der Waals surface area contributed by atoms with E-state index in [-0.39, 0.29) is 11.6 Å². The Morgan fingerprint density at radius 1 is 1.41 bits per heavy atom. The Hall–Kier alpha value is -1.41. The quantitative estimate of drug-likeness (QED) is 0.725. The highest BCUT2D eigenvalue weighted by Gasteiger charge is 2.36. The Morgan fingerprint density at radius 2 is 2.12 bits per heavy atom. The fourth-order valence-corrected chi connectivity index (χ4v) is 2.23. The van der Waals surface area contributed by atoms with Gasteiger partial charge in [0.05, 0.1) is 12.3 Å². The van der Waals surface area contributed by atoms with E-state index in [1.165, 1.54) is 5.56 Å². The molecule has 0 saturated carbocycles. The lowest BCUT2D eigenvalue weighted by atomic mass is 9.82. The van der Waals surface area contributed by atoms with Gasteiger partial charge in [0.15, 0.2) is 0 Å². The molecule has 0 saturated heterocycles. The molecule has 0 spiro atoms. The molecule has 2 nitrogen and oxygen atoms in total. The van der Waals surface area contributed by atoms with Gasteiger partial charge in [-0.1, -0.05) is 50.3 Å². The van der Waals surface area contributed by atoms with Gasteiger partial charge in [0.25, 0.3) is 0 Å². The van der Waals surface area contributed by atoms with Gasteiger partial charge in [0.2, 0.25) is 0 Å². The molecule has 2 rings (SSSR count). The summed E-state index contributed by atoms with van der Waals surface area (Å²) in [4.78, 5) is 4.70. The predicted octanol–water partition coefficient (Wildman–Crippen LogP) is 3.43. The van der Waals surface area contributed by atoms with Crippen LogP contribution in [0.5, 0.6) is 0 Å². The Morgan fingerprint density at radius 3 is 2.76 bits per heavy atom. The Balaban J connectivity index is 2.22. The molecule has 0 N–H and O–H groups in total. The average molecular weight is 229 g/mol. The number of ether oxygens (including phenoxy) is 1. The van der Waals surface area contributed by atoms with E-state index >= 15 is 0 Å². The highest BCUT2D eigenvalue weighted by Crippen LogP contribution is 2.35. The third kappa shape index (κ3) is 2.64. The molecule has 1 unspecified atom stereocenters. The molecule has 0 bridgehead atoms. The number of nitrogens with zero attached hydrogens (tertiary/aromatic N) is 1. The maximum absolute atomic E-state index is 5.63. The molecule has 90 valence electrons. The van der Waals surface area contributed by atoms with E-state index in [0.29, 0.717) is 6.61 Å². The summed E-state index contributed by atoms with van der Waals surface area (Å²) in [6.07, 6.45) is 2.67. The summed E-state index contributed by atoms with van der Waals surface area (Å²) < 4.78 is 5.63. The minimum absolute atomic E-state index is 0.0294. The maximum atomic E-state index is 5.63. The molecule has 1 aliphatic heterocycles. The highest BCUT2D eigenvalue weighted by atomic mass is 16.5. The van der Waals surface area contributed by atoms with Crippen molar-refractivity contribution in [3.8, 4) is 0 Å². The second-order valence-corrected chi connectivity index (χ2v) is 5.01. The van der Waals surface area contributed by atoms with Gasteiger partial charge in [-0.05, 0) is 5.56 Å². The second kappa shape index (κ2) is 4.84. The zero-order valence-electron chi connectivity index (χ0n) is 10.5. The summed E-state index contributed by atoms with van der Waals surface area (Å²) >= 11 is 0. The molecule has 0 aromatic heterocycles. The normalized spacial score (nSPS) is 22.2. The molecular weight excluding hydrogens is 210 g/mol. The van der Waals surface area contributed by atoms with Crippen molar-refractivity contribution in [3.63, 3.8) is 0 Å². The largest absolute Gasteiger partial charge is 0.353 e. The lowest BCUT2D eigenvalue weighted by Gasteiger charge is -2.20. The smallest absolute Gasteiger partial charge is 0.149 e. The summed E-state index contributed by atoms with van der Waals surface area (Å²) in [5.74, 6) is 0. The van der Waals surface area contributed by atoms with Crippen LogP contribution in [-0.4, -0.2) is 18.5 Å². The van der Waals surface area contributed by atoms with E-state index < -0.39 is 0 Å². The van der Waals surface area contributed by atoms with Crippen LogP contribution in [0.3, 0.4) is 0 Å². The zero-order valence-corrected chi connectivity index (χ0v) is 10.5. The maximum Gasteiger partial charge on any atom is 0.149 e. The fourth-order valence-electron chi connectivity index (χ4n) is 2.23. The van der Waals surface area contributed by atoms with Crippen molar-refractivity contribution in [1.82, 2.24) is 0 Å². The molecule has 1 aromatic carbocycles. The summed E-state index contributed by atoms with van der Waals surface area (Å²) in [7, 11) is 0. The number of hydrogen-bond acceptors (Lipinski definition) is 2. The molecule has 0 fully saturated rings. The number of rotatable bonds is 4. The van der Waals surface area contributed by atoms with E-state index in [9.17, 15) is 0 Å². The van der Waals surface area contributed by atoms with E-state index in [4.69, 9.17) is 9.73 Å². The van der Waals surface area contributed by atoms with Crippen LogP contribution in [0.4, 0.5) is 0 Å². The van der Waals surface area contributed by atoms with E-state index in [1.807, 2.05) is 18.2 Å². The lowest BCUT2D eigenvalue weighted by Crippen LogP contribution is -2.21. The van der Waals surface area contributed by atoms with Gasteiger partial charge in [-0.15, -0.1) is 6.58 Å². The van der Waals surface area contributed by atoms with Crippen LogP contribution in [0.25, 0.3) is 0 Å². The second-order valence-electron chi connectivity index (χ2n) is 5.01. The summed E-state index contributed by atoms with van der Waals surface area (Å²) in [5, 5.41) is 0. The Kier molecular flexibility index (Phi) is 3.43. The van der Waals surface area contributed by atoms with E-state index in [2.05, 4.69) is 32.6 Å². The minimum atomic E-state index is -0.0294. The first kappa shape index (κ1) is 12.1. The average Bonchev–Trinajstić information content (AvgIpc) is 2.63. The summed E-state index contributed by atoms with van der Waals surface area (Å²) in [6.45, 7) is 8.66. The van der Waals surface area contributed by atoms with Gasteiger partial charge < -0.3 is 4.74 Å². The lowest BCUT2D eigenvalue weighted by molar-refractivity contribution is 0.0698. The van der Waals surface area contributed by atoms with Crippen molar-refractivity contribution in [3.05, 3.63) is 48.6 Å². The van der Waals surface area contributed by atoms with Crippen molar-refractivity contribution in [1.29, 1.82) is 0 Å². The van der Waals surface area contributed by atoms with Crippen LogP contribution in [0.2, 0.25) is 0 Å². The monoisotopic (exact) mass is 229 g/mol. The van der Waals surface area contributed by atoms with Crippen molar-refractivity contribution in [2.24, 2.45) is 10.4 Å². The fraction of sp³-hybridized carbons (Fsp3) is 0.400. The van der Waals surface area contributed by atoms with Crippen LogP contribution >= 0.6 is 0 Å². The zero-order chi connectivity index (χ0) is 12.3. The van der Waals surface area contributed by atoms with Gasteiger partial charge in [0.1, 0.15) is 6.23 Å². The Labute approximate surface area is 103 Å². The van der Waals surface area contributed by atoms with Crippen molar-refractivity contribution >= 4 is 5.71 Å². The van der Waals surface area contributed by atoms with Crippen LogP contribution in [0.1, 0.15) is 25.8 Å². The molecule has 1 aromatic rings. The number of benzene rings is 1. The molecule has 0 aliphatic carbocycles. The molecule has 2 heteroatoms. The topological polar surface area (TPSA) is 21.6 Å². The molecule has 0 amide bonds. The van der Waals surface area contributed by atoms with Crippen LogP contribution in [0.15, 0.2) is 48.0 Å². The predicted molar refractivity (Wildman–Crippen MR) is 71.3 cm³/mol. The first-order chi connectivity index (χ1) is 8.13. The SMILES string of the molecule is C=CCOC1CC(C)(C)C(c2ccccc2)=N1. The van der Waals surface area contributed by atoms with Crippen molar-refractivity contribution < 1.29 is 4.74 Å². The third-order valence-electron chi connectivity index (χ3n) is 3.05. The minimum Gasteiger partial charge on any atom is -0.353 e. The third-order valence-corrected chi connectivity index (χ3v) is 3.05. The molecule has 1 atom stereocenters.